The molecular weight excluding hydrogens is 110 g/mol. The van der Waals surface area contributed by atoms with E-state index in [4.69, 9.17) is 5.26 Å². The molecule has 46 valence electrons. The average Bonchev–Trinajstić information content (AvgIpc) is 2.10. The molecule has 0 saturated heterocycles. The summed E-state index contributed by atoms with van der Waals surface area (Å²) in [6, 6.07) is 2.39. The van der Waals surface area contributed by atoms with Crippen LogP contribution in [0.1, 0.15) is 19.3 Å². The van der Waals surface area contributed by atoms with Crippen LogP contribution in [0.3, 0.4) is 0 Å². The first-order valence-corrected chi connectivity index (χ1v) is 3.46. The van der Waals surface area contributed by atoms with Gasteiger partial charge in [0.1, 0.15) is 0 Å². The van der Waals surface area contributed by atoms with Crippen LogP contribution in [0.2, 0.25) is 0 Å². The molecule has 0 amide bonds. The van der Waals surface area contributed by atoms with Crippen LogP contribution in [0, 0.1) is 22.7 Å². The molecule has 0 N–H and O–H groups in total. The van der Waals surface area contributed by atoms with E-state index in [9.17, 15) is 0 Å². The van der Waals surface area contributed by atoms with Crippen LogP contribution in [-0.2, 0) is 0 Å². The van der Waals surface area contributed by atoms with Gasteiger partial charge in [-0.15, -0.1) is 0 Å². The number of nitriles is 1. The molecule has 2 atom stereocenters. The van der Waals surface area contributed by atoms with Crippen molar-refractivity contribution in [1.29, 1.82) is 5.26 Å². The molecule has 2 aliphatic rings. The number of hydrogen-bond donors (Lipinski definition) is 0. The summed E-state index contributed by atoms with van der Waals surface area (Å²) in [6.45, 7) is 0. The van der Waals surface area contributed by atoms with Gasteiger partial charge in [0.05, 0.1) is 11.5 Å². The quantitative estimate of drug-likeness (QED) is 0.446. The minimum atomic E-state index is 0.000000000000000444. The number of fused-ring (bicyclic) bond motifs is 1. The summed E-state index contributed by atoms with van der Waals surface area (Å²) in [7, 11) is 0. The van der Waals surface area contributed by atoms with Gasteiger partial charge in [0.25, 0.3) is 0 Å². The molecule has 2 rings (SSSR count). The molecule has 0 spiro atoms. The molecule has 0 aromatic carbocycles. The van der Waals surface area contributed by atoms with E-state index in [0.29, 0.717) is 5.92 Å². The lowest BCUT2D eigenvalue weighted by molar-refractivity contribution is 0.169. The van der Waals surface area contributed by atoms with E-state index in [0.717, 1.165) is 12.8 Å². The number of rotatable bonds is 0. The standard InChI is InChI=1S/C8H9N/c9-6-8-4-1-2-7(8)3-5-8/h1,4,7H,2-3,5H2/t7-,8+/m0/s1. The smallest absolute Gasteiger partial charge is 0.0784 e. The van der Waals surface area contributed by atoms with Crippen LogP contribution >= 0.6 is 0 Å². The van der Waals surface area contributed by atoms with Gasteiger partial charge in [-0.3, -0.25) is 0 Å². The lowest BCUT2D eigenvalue weighted by atomic mass is 9.63. The Labute approximate surface area is 55.0 Å². The van der Waals surface area contributed by atoms with E-state index in [1.807, 2.05) is 0 Å². The second kappa shape index (κ2) is 1.39. The maximum absolute atomic E-state index is 8.75. The molecular formula is C8H9N. The summed E-state index contributed by atoms with van der Waals surface area (Å²) in [4.78, 5) is 0. The maximum atomic E-state index is 8.75. The molecule has 0 heterocycles. The fourth-order valence-electron chi connectivity index (χ4n) is 1.83. The van der Waals surface area contributed by atoms with Gasteiger partial charge >= 0.3 is 0 Å². The van der Waals surface area contributed by atoms with Gasteiger partial charge in [0.2, 0.25) is 0 Å². The van der Waals surface area contributed by atoms with Gasteiger partial charge in [0.15, 0.2) is 0 Å². The van der Waals surface area contributed by atoms with Crippen molar-refractivity contribution >= 4 is 0 Å². The van der Waals surface area contributed by atoms with E-state index in [2.05, 4.69) is 18.2 Å². The van der Waals surface area contributed by atoms with Crippen LogP contribution < -0.4 is 0 Å². The predicted molar refractivity (Wildman–Crippen MR) is 34.5 cm³/mol. The monoisotopic (exact) mass is 119 g/mol. The first kappa shape index (κ1) is 5.05. The molecule has 0 aliphatic heterocycles. The Morgan fingerprint density at radius 1 is 1.67 bits per heavy atom. The van der Waals surface area contributed by atoms with Crippen molar-refractivity contribution in [2.24, 2.45) is 11.3 Å². The summed E-state index contributed by atoms with van der Waals surface area (Å²) >= 11 is 0. The molecule has 9 heavy (non-hydrogen) atoms. The lowest BCUT2D eigenvalue weighted by Crippen LogP contribution is -2.33. The normalized spacial score (nSPS) is 45.4. The topological polar surface area (TPSA) is 23.8 Å². The fourth-order valence-corrected chi connectivity index (χ4v) is 1.83. The Morgan fingerprint density at radius 3 is 2.89 bits per heavy atom. The molecule has 1 heteroatoms. The number of hydrogen-bond acceptors (Lipinski definition) is 1. The highest BCUT2D eigenvalue weighted by molar-refractivity contribution is 5.25. The van der Waals surface area contributed by atoms with Crippen molar-refractivity contribution < 1.29 is 0 Å². The van der Waals surface area contributed by atoms with Crippen molar-refractivity contribution in [3.63, 3.8) is 0 Å². The third-order valence-electron chi connectivity index (χ3n) is 2.68. The summed E-state index contributed by atoms with van der Waals surface area (Å²) in [5, 5.41) is 8.75. The first-order valence-electron chi connectivity index (χ1n) is 3.46. The van der Waals surface area contributed by atoms with E-state index in [1.165, 1.54) is 6.42 Å². The van der Waals surface area contributed by atoms with Crippen molar-refractivity contribution in [2.45, 2.75) is 19.3 Å². The van der Waals surface area contributed by atoms with Crippen molar-refractivity contribution in [3.8, 4) is 6.07 Å². The van der Waals surface area contributed by atoms with Crippen LogP contribution in [0.5, 0.6) is 0 Å². The summed E-state index contributed by atoms with van der Waals surface area (Å²) in [6.07, 6.45) is 7.76. The zero-order valence-corrected chi connectivity index (χ0v) is 5.30. The second-order valence-electron chi connectivity index (χ2n) is 3.03. The first-order chi connectivity index (χ1) is 4.37. The van der Waals surface area contributed by atoms with Crippen LogP contribution in [0.4, 0.5) is 0 Å². The minimum Gasteiger partial charge on any atom is -0.197 e. The van der Waals surface area contributed by atoms with Crippen molar-refractivity contribution in [2.75, 3.05) is 0 Å². The largest absolute Gasteiger partial charge is 0.197 e. The second-order valence-corrected chi connectivity index (χ2v) is 3.03. The molecule has 2 aliphatic carbocycles. The van der Waals surface area contributed by atoms with Gasteiger partial charge in [-0.25, -0.2) is 0 Å². The van der Waals surface area contributed by atoms with Crippen LogP contribution in [-0.4, -0.2) is 0 Å². The Morgan fingerprint density at radius 2 is 2.56 bits per heavy atom. The molecule has 0 aromatic rings. The zero-order chi connectivity index (χ0) is 6.32. The molecule has 1 saturated carbocycles. The Balaban J connectivity index is 2.31. The SMILES string of the molecule is N#C[C@]12C=CC[C@H]1CC2. The number of nitrogens with zero attached hydrogens (tertiary/aromatic N) is 1. The van der Waals surface area contributed by atoms with Gasteiger partial charge in [-0.05, 0) is 25.2 Å². The van der Waals surface area contributed by atoms with Gasteiger partial charge in [0, 0.05) is 0 Å². The minimum absolute atomic E-state index is 0.000000000000000444. The summed E-state index contributed by atoms with van der Waals surface area (Å²) in [5.41, 5.74) is 0.000000000000000444. The van der Waals surface area contributed by atoms with Gasteiger partial charge < -0.3 is 0 Å². The molecule has 1 nitrogen and oxygen atoms in total. The van der Waals surface area contributed by atoms with Gasteiger partial charge in [-0.1, -0.05) is 12.2 Å². The van der Waals surface area contributed by atoms with E-state index < -0.39 is 0 Å². The zero-order valence-electron chi connectivity index (χ0n) is 5.30. The highest BCUT2D eigenvalue weighted by Gasteiger charge is 2.46. The third-order valence-corrected chi connectivity index (χ3v) is 2.68. The summed E-state index contributed by atoms with van der Waals surface area (Å²) in [5.74, 6) is 0.683. The number of allylic oxidation sites excluding steroid dienone is 2. The maximum Gasteiger partial charge on any atom is 0.0784 e. The molecule has 0 aromatic heterocycles. The molecule has 0 unspecified atom stereocenters. The van der Waals surface area contributed by atoms with E-state index >= 15 is 0 Å². The highest BCUT2D eigenvalue weighted by atomic mass is 14.5. The van der Waals surface area contributed by atoms with Crippen LogP contribution in [0.15, 0.2) is 12.2 Å². The lowest BCUT2D eigenvalue weighted by Gasteiger charge is -2.38. The Hall–Kier alpha value is -0.770. The third kappa shape index (κ3) is 0.439. The fraction of sp³-hybridized carbons (Fsp3) is 0.625. The predicted octanol–water partition coefficient (Wildman–Crippen LogP) is 1.87. The highest BCUT2D eigenvalue weighted by Crippen LogP contribution is 2.52. The summed E-state index contributed by atoms with van der Waals surface area (Å²) < 4.78 is 0. The van der Waals surface area contributed by atoms with Gasteiger partial charge in [-0.2, -0.15) is 5.26 Å². The Bertz CT molecular complexity index is 199. The van der Waals surface area contributed by atoms with Crippen molar-refractivity contribution in [1.82, 2.24) is 0 Å². The van der Waals surface area contributed by atoms with E-state index in [-0.39, 0.29) is 5.41 Å². The van der Waals surface area contributed by atoms with Crippen molar-refractivity contribution in [3.05, 3.63) is 12.2 Å². The van der Waals surface area contributed by atoms with E-state index in [1.54, 1.807) is 0 Å². The Kier molecular flexibility index (Phi) is 0.778. The molecule has 1 fully saturated rings. The molecule has 0 bridgehead atoms. The van der Waals surface area contributed by atoms with Crippen LogP contribution in [0.25, 0.3) is 0 Å². The average molecular weight is 119 g/mol. The molecule has 0 radical (unpaired) electrons.